The summed E-state index contributed by atoms with van der Waals surface area (Å²) >= 11 is 1.65. The van der Waals surface area contributed by atoms with Crippen LogP contribution in [0.3, 0.4) is 0 Å². The molecule has 6 heteroatoms. The Bertz CT molecular complexity index is 584. The van der Waals surface area contributed by atoms with Crippen LogP contribution in [0.1, 0.15) is 13.8 Å². The fraction of sp³-hybridized carbons (Fsp3) is 0.571. The lowest BCUT2D eigenvalue weighted by atomic mass is 10.1. The van der Waals surface area contributed by atoms with Crippen molar-refractivity contribution in [3.8, 4) is 0 Å². The first kappa shape index (κ1) is 13.7. The second-order valence-electron chi connectivity index (χ2n) is 5.91. The van der Waals surface area contributed by atoms with Gasteiger partial charge in [-0.3, -0.25) is 4.90 Å². The maximum absolute atomic E-state index is 9.89. The van der Waals surface area contributed by atoms with Gasteiger partial charge in [-0.1, -0.05) is 0 Å². The number of hydrogen-bond donors (Lipinski definition) is 1. The summed E-state index contributed by atoms with van der Waals surface area (Å²) in [7, 11) is 0. The Hall–Kier alpha value is -1.24. The third-order valence-corrected chi connectivity index (χ3v) is 4.34. The monoisotopic (exact) mass is 292 g/mol. The van der Waals surface area contributed by atoms with Crippen LogP contribution in [0.15, 0.2) is 17.8 Å². The van der Waals surface area contributed by atoms with Gasteiger partial charge in [0.2, 0.25) is 0 Å². The largest absolute Gasteiger partial charge is 0.389 e. The molecule has 1 aliphatic rings. The SMILES string of the molecule is CC(C)(O)CN1CCN(c2ncnc3sccc23)CC1. The summed E-state index contributed by atoms with van der Waals surface area (Å²) in [6.45, 7) is 8.24. The zero-order valence-corrected chi connectivity index (χ0v) is 12.7. The molecule has 5 nitrogen and oxygen atoms in total. The lowest BCUT2D eigenvalue weighted by Gasteiger charge is -2.37. The van der Waals surface area contributed by atoms with Crippen molar-refractivity contribution in [2.75, 3.05) is 37.6 Å². The first-order valence-electron chi connectivity index (χ1n) is 6.91. The highest BCUT2D eigenvalue weighted by atomic mass is 32.1. The minimum Gasteiger partial charge on any atom is -0.389 e. The van der Waals surface area contributed by atoms with E-state index in [1.165, 1.54) is 0 Å². The summed E-state index contributed by atoms with van der Waals surface area (Å²) in [6, 6.07) is 2.10. The summed E-state index contributed by atoms with van der Waals surface area (Å²) in [6.07, 6.45) is 1.65. The van der Waals surface area contributed by atoms with Gasteiger partial charge in [-0.25, -0.2) is 9.97 Å². The van der Waals surface area contributed by atoms with Crippen LogP contribution in [0.4, 0.5) is 5.82 Å². The Morgan fingerprint density at radius 3 is 2.70 bits per heavy atom. The quantitative estimate of drug-likeness (QED) is 0.931. The Kier molecular flexibility index (Phi) is 3.62. The van der Waals surface area contributed by atoms with Crippen LogP contribution >= 0.6 is 11.3 Å². The van der Waals surface area contributed by atoms with Gasteiger partial charge >= 0.3 is 0 Å². The number of β-amino-alcohol motifs (C(OH)–C–C–N with tert-alkyl or cyclic N) is 1. The highest BCUT2D eigenvalue weighted by Gasteiger charge is 2.24. The number of thiophene rings is 1. The molecule has 20 heavy (non-hydrogen) atoms. The van der Waals surface area contributed by atoms with Gasteiger partial charge in [-0.05, 0) is 25.3 Å². The van der Waals surface area contributed by atoms with Crippen molar-refractivity contribution in [1.29, 1.82) is 0 Å². The average Bonchev–Trinajstić information content (AvgIpc) is 2.86. The molecule has 1 N–H and O–H groups in total. The highest BCUT2D eigenvalue weighted by molar-refractivity contribution is 7.16. The van der Waals surface area contributed by atoms with Gasteiger partial charge in [-0.2, -0.15) is 0 Å². The van der Waals surface area contributed by atoms with Gasteiger partial charge in [0.05, 0.1) is 11.0 Å². The Morgan fingerprint density at radius 2 is 2.00 bits per heavy atom. The maximum Gasteiger partial charge on any atom is 0.140 e. The van der Waals surface area contributed by atoms with Gasteiger partial charge in [-0.15, -0.1) is 11.3 Å². The molecule has 0 bridgehead atoms. The molecule has 1 aliphatic heterocycles. The van der Waals surface area contributed by atoms with Crippen LogP contribution in [0.25, 0.3) is 10.2 Å². The van der Waals surface area contributed by atoms with Gasteiger partial charge < -0.3 is 10.0 Å². The van der Waals surface area contributed by atoms with E-state index in [0.717, 1.165) is 48.8 Å². The minimum absolute atomic E-state index is 0.627. The van der Waals surface area contributed by atoms with E-state index >= 15 is 0 Å². The first-order chi connectivity index (χ1) is 9.53. The molecular formula is C14H20N4OS. The smallest absolute Gasteiger partial charge is 0.140 e. The Balaban J connectivity index is 1.71. The number of nitrogens with zero attached hydrogens (tertiary/aromatic N) is 4. The summed E-state index contributed by atoms with van der Waals surface area (Å²) in [5, 5.41) is 13.1. The predicted molar refractivity (Wildman–Crippen MR) is 82.4 cm³/mol. The van der Waals surface area contributed by atoms with Gasteiger partial charge in [0, 0.05) is 32.7 Å². The number of piperazine rings is 1. The first-order valence-corrected chi connectivity index (χ1v) is 7.79. The second-order valence-corrected chi connectivity index (χ2v) is 6.81. The molecule has 0 aliphatic carbocycles. The summed E-state index contributed by atoms with van der Waals surface area (Å²) in [5.41, 5.74) is -0.627. The van der Waals surface area contributed by atoms with Crippen LogP contribution in [0.5, 0.6) is 0 Å². The molecular weight excluding hydrogens is 272 g/mol. The zero-order valence-electron chi connectivity index (χ0n) is 11.9. The van der Waals surface area contributed by atoms with Crippen molar-refractivity contribution in [3.05, 3.63) is 17.8 Å². The molecule has 0 saturated carbocycles. The predicted octanol–water partition coefficient (Wildman–Crippen LogP) is 1.58. The number of aromatic nitrogens is 2. The number of fused-ring (bicyclic) bond motifs is 1. The van der Waals surface area contributed by atoms with E-state index in [1.54, 1.807) is 17.7 Å². The summed E-state index contributed by atoms with van der Waals surface area (Å²) in [4.78, 5) is 14.4. The highest BCUT2D eigenvalue weighted by Crippen LogP contribution is 2.27. The van der Waals surface area contributed by atoms with Crippen molar-refractivity contribution < 1.29 is 5.11 Å². The number of rotatable bonds is 3. The summed E-state index contributed by atoms with van der Waals surface area (Å²) in [5.74, 6) is 1.04. The molecule has 0 radical (unpaired) electrons. The topological polar surface area (TPSA) is 52.5 Å². The van der Waals surface area contributed by atoms with Crippen molar-refractivity contribution in [2.24, 2.45) is 0 Å². The fourth-order valence-corrected chi connectivity index (χ4v) is 3.42. The van der Waals surface area contributed by atoms with Crippen LogP contribution in [0, 0.1) is 0 Å². The lowest BCUT2D eigenvalue weighted by molar-refractivity contribution is 0.0345. The van der Waals surface area contributed by atoms with Crippen molar-refractivity contribution in [1.82, 2.24) is 14.9 Å². The van der Waals surface area contributed by atoms with E-state index in [9.17, 15) is 5.11 Å². The number of aliphatic hydroxyl groups is 1. The molecule has 1 fully saturated rings. The lowest BCUT2D eigenvalue weighted by Crippen LogP contribution is -2.50. The molecule has 108 valence electrons. The Labute approximate surface area is 122 Å². The van der Waals surface area contributed by atoms with Crippen molar-refractivity contribution in [2.45, 2.75) is 19.4 Å². The fourth-order valence-electron chi connectivity index (χ4n) is 2.69. The second kappa shape index (κ2) is 5.27. The standard InChI is InChI=1S/C14H20N4OS/c1-14(2,19)9-17-4-6-18(7-5-17)12-11-3-8-20-13(11)16-10-15-12/h3,8,10,19H,4-7,9H2,1-2H3. The normalized spacial score (nSPS) is 17.9. The molecule has 3 rings (SSSR count). The molecule has 2 aromatic heterocycles. The third-order valence-electron chi connectivity index (χ3n) is 3.52. The molecule has 0 unspecified atom stereocenters. The van der Waals surface area contributed by atoms with Crippen molar-refractivity contribution in [3.63, 3.8) is 0 Å². The molecule has 0 amide bonds. The average molecular weight is 292 g/mol. The number of hydrogen-bond acceptors (Lipinski definition) is 6. The zero-order chi connectivity index (χ0) is 14.2. The molecule has 3 heterocycles. The molecule has 0 aromatic carbocycles. The third kappa shape index (κ3) is 2.92. The van der Waals surface area contributed by atoms with Crippen LogP contribution in [0.2, 0.25) is 0 Å². The molecule has 0 atom stereocenters. The minimum atomic E-state index is -0.627. The van der Waals surface area contributed by atoms with Crippen LogP contribution < -0.4 is 4.90 Å². The van der Waals surface area contributed by atoms with Crippen LogP contribution in [-0.2, 0) is 0 Å². The number of anilines is 1. The molecule has 1 saturated heterocycles. The van der Waals surface area contributed by atoms with Crippen molar-refractivity contribution >= 4 is 27.4 Å². The van der Waals surface area contributed by atoms with Gasteiger partial charge in [0.25, 0.3) is 0 Å². The van der Waals surface area contributed by atoms with E-state index in [2.05, 4.69) is 31.2 Å². The molecule has 2 aromatic rings. The summed E-state index contributed by atoms with van der Waals surface area (Å²) < 4.78 is 0. The van der Waals surface area contributed by atoms with E-state index < -0.39 is 5.60 Å². The van der Waals surface area contributed by atoms with Gasteiger partial charge in [0.1, 0.15) is 17.0 Å². The van der Waals surface area contributed by atoms with Gasteiger partial charge in [0.15, 0.2) is 0 Å². The maximum atomic E-state index is 9.89. The van der Waals surface area contributed by atoms with E-state index in [1.807, 2.05) is 13.8 Å². The van der Waals surface area contributed by atoms with Crippen LogP contribution in [-0.4, -0.2) is 58.3 Å². The van der Waals surface area contributed by atoms with E-state index in [-0.39, 0.29) is 0 Å². The Morgan fingerprint density at radius 1 is 1.25 bits per heavy atom. The molecule has 0 spiro atoms. The van der Waals surface area contributed by atoms with E-state index in [0.29, 0.717) is 0 Å². The van der Waals surface area contributed by atoms with E-state index in [4.69, 9.17) is 0 Å².